The lowest BCUT2D eigenvalue weighted by molar-refractivity contribution is -0.385. The molecular weight excluding hydrogens is 214 g/mol. The van der Waals surface area contributed by atoms with Gasteiger partial charge in [0.25, 0.3) is 5.69 Å². The molecule has 1 aromatic carbocycles. The summed E-state index contributed by atoms with van der Waals surface area (Å²) in [7, 11) is 1.41. The molecule has 0 aromatic heterocycles. The van der Waals surface area contributed by atoms with Crippen molar-refractivity contribution in [1.82, 2.24) is 0 Å². The van der Waals surface area contributed by atoms with Gasteiger partial charge in [0.2, 0.25) is 0 Å². The van der Waals surface area contributed by atoms with E-state index in [-0.39, 0.29) is 11.3 Å². The van der Waals surface area contributed by atoms with Gasteiger partial charge in [-0.05, 0) is 19.1 Å². The molecule has 0 saturated carbocycles. The maximum Gasteiger partial charge on any atom is 0.310 e. The summed E-state index contributed by atoms with van der Waals surface area (Å²) < 4.78 is 4.90. The van der Waals surface area contributed by atoms with Crippen LogP contribution in [-0.4, -0.2) is 23.1 Å². The van der Waals surface area contributed by atoms with E-state index in [1.807, 2.05) is 0 Å². The number of ether oxygens (including phenoxy) is 1. The molecular formula is C10H11NO5. The lowest BCUT2D eigenvalue weighted by atomic mass is 9.99. The molecule has 86 valence electrons. The van der Waals surface area contributed by atoms with Gasteiger partial charge in [0.15, 0.2) is 0 Å². The fourth-order valence-corrected chi connectivity index (χ4v) is 1.31. The zero-order valence-electron chi connectivity index (χ0n) is 8.84. The summed E-state index contributed by atoms with van der Waals surface area (Å²) in [5, 5.41) is 19.6. The second-order valence-electron chi connectivity index (χ2n) is 3.24. The summed E-state index contributed by atoms with van der Waals surface area (Å²) in [6.07, 6.45) is 0. The van der Waals surface area contributed by atoms with Gasteiger partial charge >= 0.3 is 5.97 Å². The summed E-state index contributed by atoms with van der Waals surface area (Å²) >= 11 is 0. The van der Waals surface area contributed by atoms with E-state index < -0.39 is 16.8 Å². The number of hydrogen-bond donors (Lipinski definition) is 1. The van der Waals surface area contributed by atoms with Gasteiger partial charge < -0.3 is 9.84 Å². The van der Waals surface area contributed by atoms with Crippen LogP contribution in [-0.2, 0) is 4.79 Å². The number of nitro groups is 1. The first-order valence-electron chi connectivity index (χ1n) is 4.52. The fourth-order valence-electron chi connectivity index (χ4n) is 1.31. The molecule has 6 nitrogen and oxygen atoms in total. The predicted molar refractivity (Wildman–Crippen MR) is 55.7 cm³/mol. The highest BCUT2D eigenvalue weighted by atomic mass is 16.6. The van der Waals surface area contributed by atoms with Crippen LogP contribution in [0.3, 0.4) is 0 Å². The van der Waals surface area contributed by atoms with Crippen molar-refractivity contribution in [3.63, 3.8) is 0 Å². The van der Waals surface area contributed by atoms with Gasteiger partial charge in [0.1, 0.15) is 5.75 Å². The maximum absolute atomic E-state index is 10.8. The molecule has 1 N–H and O–H groups in total. The van der Waals surface area contributed by atoms with E-state index in [1.54, 1.807) is 0 Å². The molecule has 1 unspecified atom stereocenters. The molecule has 0 saturated heterocycles. The maximum atomic E-state index is 10.8. The van der Waals surface area contributed by atoms with Crippen molar-refractivity contribution in [2.24, 2.45) is 0 Å². The summed E-state index contributed by atoms with van der Waals surface area (Å²) in [6.45, 7) is 1.39. The third-order valence-electron chi connectivity index (χ3n) is 2.27. The topological polar surface area (TPSA) is 89.7 Å². The van der Waals surface area contributed by atoms with Gasteiger partial charge in [-0.1, -0.05) is 0 Å². The number of nitro benzene ring substituents is 1. The van der Waals surface area contributed by atoms with E-state index >= 15 is 0 Å². The first kappa shape index (κ1) is 12.0. The van der Waals surface area contributed by atoms with Crippen LogP contribution in [0.15, 0.2) is 18.2 Å². The number of rotatable bonds is 4. The minimum absolute atomic E-state index is 0.136. The number of carbonyl (C=O) groups is 1. The minimum atomic E-state index is -1.11. The van der Waals surface area contributed by atoms with E-state index in [4.69, 9.17) is 9.84 Å². The molecule has 1 aromatic rings. The second kappa shape index (κ2) is 4.61. The van der Waals surface area contributed by atoms with Crippen molar-refractivity contribution < 1.29 is 19.6 Å². The summed E-state index contributed by atoms with van der Waals surface area (Å²) in [5.41, 5.74) is -0.0763. The number of hydrogen-bond acceptors (Lipinski definition) is 4. The standard InChI is InChI=1S/C10H11NO5/c1-6(10(12)13)8-5-7(16-2)3-4-9(8)11(14)15/h3-6H,1-2H3,(H,12,13). The van der Waals surface area contributed by atoms with Crippen LogP contribution >= 0.6 is 0 Å². The average Bonchev–Trinajstić information content (AvgIpc) is 2.26. The van der Waals surface area contributed by atoms with E-state index in [0.717, 1.165) is 0 Å². The lowest BCUT2D eigenvalue weighted by Gasteiger charge is -2.09. The smallest absolute Gasteiger partial charge is 0.310 e. The quantitative estimate of drug-likeness (QED) is 0.623. The molecule has 0 spiro atoms. The van der Waals surface area contributed by atoms with Crippen LogP contribution in [0, 0.1) is 10.1 Å². The molecule has 0 heterocycles. The first-order valence-corrected chi connectivity index (χ1v) is 4.52. The normalized spacial score (nSPS) is 11.9. The highest BCUT2D eigenvalue weighted by molar-refractivity contribution is 5.77. The second-order valence-corrected chi connectivity index (χ2v) is 3.24. The Kier molecular flexibility index (Phi) is 3.44. The van der Waals surface area contributed by atoms with Crippen molar-refractivity contribution >= 4 is 11.7 Å². The Morgan fingerprint density at radius 3 is 2.62 bits per heavy atom. The Morgan fingerprint density at radius 1 is 1.56 bits per heavy atom. The van der Waals surface area contributed by atoms with Crippen molar-refractivity contribution in [3.05, 3.63) is 33.9 Å². The molecule has 0 radical (unpaired) electrons. The number of carboxylic acid groups (broad SMARTS) is 1. The number of aliphatic carboxylic acids is 1. The third-order valence-corrected chi connectivity index (χ3v) is 2.27. The number of carboxylic acids is 1. The Labute approximate surface area is 91.6 Å². The van der Waals surface area contributed by atoms with Gasteiger partial charge in [0.05, 0.1) is 18.0 Å². The van der Waals surface area contributed by atoms with E-state index in [2.05, 4.69) is 0 Å². The molecule has 0 amide bonds. The number of nitrogens with zero attached hydrogens (tertiary/aromatic N) is 1. The molecule has 1 rings (SSSR count). The molecule has 6 heteroatoms. The van der Waals surface area contributed by atoms with Gasteiger partial charge in [-0.2, -0.15) is 0 Å². The summed E-state index contributed by atoms with van der Waals surface area (Å²) in [5.74, 6) is -1.67. The van der Waals surface area contributed by atoms with Crippen LogP contribution in [0.25, 0.3) is 0 Å². The van der Waals surface area contributed by atoms with Crippen LogP contribution in [0.5, 0.6) is 5.75 Å². The lowest BCUT2D eigenvalue weighted by Crippen LogP contribution is -2.10. The molecule has 16 heavy (non-hydrogen) atoms. The Hall–Kier alpha value is -2.11. The minimum Gasteiger partial charge on any atom is -0.497 e. The fraction of sp³-hybridized carbons (Fsp3) is 0.300. The van der Waals surface area contributed by atoms with Crippen LogP contribution in [0.4, 0.5) is 5.69 Å². The number of methoxy groups -OCH3 is 1. The predicted octanol–water partition coefficient (Wildman–Crippen LogP) is 1.79. The summed E-state index contributed by atoms with van der Waals surface area (Å²) in [6, 6.07) is 4.04. The number of benzene rings is 1. The largest absolute Gasteiger partial charge is 0.497 e. The highest BCUT2D eigenvalue weighted by Gasteiger charge is 2.24. The van der Waals surface area contributed by atoms with Crippen molar-refractivity contribution in [3.8, 4) is 5.75 Å². The van der Waals surface area contributed by atoms with E-state index in [1.165, 1.54) is 32.2 Å². The average molecular weight is 225 g/mol. The van der Waals surface area contributed by atoms with Crippen LogP contribution in [0.2, 0.25) is 0 Å². The molecule has 0 bridgehead atoms. The van der Waals surface area contributed by atoms with Crippen molar-refractivity contribution in [1.29, 1.82) is 0 Å². The van der Waals surface area contributed by atoms with Crippen LogP contribution in [0.1, 0.15) is 18.4 Å². The Balaban J connectivity index is 3.30. The zero-order chi connectivity index (χ0) is 12.3. The molecule has 0 fully saturated rings. The molecule has 0 aliphatic heterocycles. The van der Waals surface area contributed by atoms with Gasteiger partial charge in [-0.25, -0.2) is 0 Å². The van der Waals surface area contributed by atoms with Gasteiger partial charge in [-0.15, -0.1) is 0 Å². The first-order chi connectivity index (χ1) is 7.47. The zero-order valence-corrected chi connectivity index (χ0v) is 8.84. The summed E-state index contributed by atoms with van der Waals surface area (Å²) in [4.78, 5) is 20.9. The van der Waals surface area contributed by atoms with E-state index in [9.17, 15) is 14.9 Å². The van der Waals surface area contributed by atoms with Crippen LogP contribution < -0.4 is 4.74 Å². The Morgan fingerprint density at radius 2 is 2.19 bits per heavy atom. The van der Waals surface area contributed by atoms with E-state index in [0.29, 0.717) is 5.75 Å². The van der Waals surface area contributed by atoms with Gasteiger partial charge in [0, 0.05) is 11.6 Å². The SMILES string of the molecule is COc1ccc([N+](=O)[O-])c(C(C)C(=O)O)c1. The molecule has 0 aliphatic rings. The highest BCUT2D eigenvalue weighted by Crippen LogP contribution is 2.30. The molecule has 1 atom stereocenters. The molecule has 0 aliphatic carbocycles. The van der Waals surface area contributed by atoms with Gasteiger partial charge in [-0.3, -0.25) is 14.9 Å². The monoisotopic (exact) mass is 225 g/mol. The van der Waals surface area contributed by atoms with Crippen molar-refractivity contribution in [2.45, 2.75) is 12.8 Å². The Bertz CT molecular complexity index is 429. The van der Waals surface area contributed by atoms with Crippen molar-refractivity contribution in [2.75, 3.05) is 7.11 Å². The third kappa shape index (κ3) is 2.28.